The minimum Gasteiger partial charge on any atom is -0.456 e. The molecule has 1 atom stereocenters. The maximum Gasteiger partial charge on any atom is 0.289 e. The first-order valence-electron chi connectivity index (χ1n) is 7.36. The summed E-state index contributed by atoms with van der Waals surface area (Å²) in [6.07, 6.45) is 4.17. The Morgan fingerprint density at radius 1 is 1.47 bits per heavy atom. The van der Waals surface area contributed by atoms with Crippen LogP contribution in [0.4, 0.5) is 0 Å². The molecule has 1 N–H and O–H groups in total. The number of amides is 1. The number of furan rings is 1. The average molecular weight is 264 g/mol. The fourth-order valence-corrected chi connectivity index (χ4v) is 2.52. The number of nitrogens with one attached hydrogen (secondary N) is 1. The number of carbonyl (C=O) groups excluding carboxylic acids is 1. The number of rotatable bonds is 5. The third-order valence-corrected chi connectivity index (χ3v) is 3.61. The number of nitrogens with zero attached hydrogens (tertiary/aromatic N) is 1. The van der Waals surface area contributed by atoms with Crippen LogP contribution >= 0.6 is 0 Å². The van der Waals surface area contributed by atoms with Crippen LogP contribution in [0.25, 0.3) is 0 Å². The molecule has 4 heteroatoms. The maximum atomic E-state index is 12.4. The summed E-state index contributed by atoms with van der Waals surface area (Å²) in [4.78, 5) is 14.3. The molecule has 0 bridgehead atoms. The standard InChI is InChI=1S/C15H24N2O2/c1-3-9-16-12-6-5-10-17(11-12)15(18)14-8-7-13(4-2)19-14/h7-8,12,16H,3-6,9-11H2,1-2H3. The van der Waals surface area contributed by atoms with Crippen molar-refractivity contribution in [3.05, 3.63) is 23.7 Å². The van der Waals surface area contributed by atoms with Crippen LogP contribution < -0.4 is 5.32 Å². The van der Waals surface area contributed by atoms with E-state index in [1.807, 2.05) is 17.9 Å². The zero-order valence-corrected chi connectivity index (χ0v) is 11.9. The van der Waals surface area contributed by atoms with Gasteiger partial charge in [-0.2, -0.15) is 0 Å². The van der Waals surface area contributed by atoms with Crippen LogP contribution in [0.5, 0.6) is 0 Å². The number of aryl methyl sites for hydroxylation is 1. The van der Waals surface area contributed by atoms with Gasteiger partial charge in [-0.05, 0) is 37.9 Å². The lowest BCUT2D eigenvalue weighted by molar-refractivity contribution is 0.0661. The first-order valence-corrected chi connectivity index (χ1v) is 7.36. The molecular weight excluding hydrogens is 240 g/mol. The van der Waals surface area contributed by atoms with Crippen LogP contribution in [-0.4, -0.2) is 36.5 Å². The molecular formula is C15H24N2O2. The highest BCUT2D eigenvalue weighted by molar-refractivity contribution is 5.91. The van der Waals surface area contributed by atoms with Crippen molar-refractivity contribution in [1.82, 2.24) is 10.2 Å². The van der Waals surface area contributed by atoms with E-state index in [4.69, 9.17) is 4.42 Å². The molecule has 1 amide bonds. The summed E-state index contributed by atoms with van der Waals surface area (Å²) in [5, 5.41) is 3.50. The van der Waals surface area contributed by atoms with Gasteiger partial charge in [-0.15, -0.1) is 0 Å². The summed E-state index contributed by atoms with van der Waals surface area (Å²) in [5.41, 5.74) is 0. The molecule has 0 aromatic carbocycles. The van der Waals surface area contributed by atoms with Gasteiger partial charge < -0.3 is 14.6 Å². The van der Waals surface area contributed by atoms with Crippen LogP contribution in [0.3, 0.4) is 0 Å². The second-order valence-corrected chi connectivity index (χ2v) is 5.16. The number of piperidine rings is 1. The van der Waals surface area contributed by atoms with E-state index in [-0.39, 0.29) is 5.91 Å². The lowest BCUT2D eigenvalue weighted by Gasteiger charge is -2.32. The quantitative estimate of drug-likeness (QED) is 0.888. The normalized spacial score (nSPS) is 19.7. The van der Waals surface area contributed by atoms with E-state index in [0.29, 0.717) is 11.8 Å². The summed E-state index contributed by atoms with van der Waals surface area (Å²) >= 11 is 0. The molecule has 0 spiro atoms. The largest absolute Gasteiger partial charge is 0.456 e. The van der Waals surface area contributed by atoms with Crippen molar-refractivity contribution >= 4 is 5.91 Å². The topological polar surface area (TPSA) is 45.5 Å². The molecule has 2 rings (SSSR count). The lowest BCUT2D eigenvalue weighted by atomic mass is 10.1. The predicted octanol–water partition coefficient (Wildman–Crippen LogP) is 2.45. The fourth-order valence-electron chi connectivity index (χ4n) is 2.52. The number of hydrogen-bond donors (Lipinski definition) is 1. The molecule has 1 aliphatic rings. The predicted molar refractivity (Wildman–Crippen MR) is 75.3 cm³/mol. The molecule has 4 nitrogen and oxygen atoms in total. The van der Waals surface area contributed by atoms with Gasteiger partial charge in [-0.3, -0.25) is 4.79 Å². The highest BCUT2D eigenvalue weighted by atomic mass is 16.4. The number of likely N-dealkylation sites (tertiary alicyclic amines) is 1. The van der Waals surface area contributed by atoms with Crippen LogP contribution in [-0.2, 0) is 6.42 Å². The summed E-state index contributed by atoms with van der Waals surface area (Å²) in [6, 6.07) is 4.12. The van der Waals surface area contributed by atoms with Gasteiger partial charge in [-0.25, -0.2) is 0 Å². The number of carbonyl (C=O) groups is 1. The molecule has 106 valence electrons. The van der Waals surface area contributed by atoms with Crippen molar-refractivity contribution in [2.45, 2.75) is 45.6 Å². The van der Waals surface area contributed by atoms with E-state index in [1.54, 1.807) is 6.07 Å². The molecule has 1 aromatic rings. The zero-order chi connectivity index (χ0) is 13.7. The van der Waals surface area contributed by atoms with Crippen LogP contribution in [0, 0.1) is 0 Å². The summed E-state index contributed by atoms with van der Waals surface area (Å²) in [7, 11) is 0. The molecule has 19 heavy (non-hydrogen) atoms. The van der Waals surface area contributed by atoms with Gasteiger partial charge in [-0.1, -0.05) is 13.8 Å². The Morgan fingerprint density at radius 3 is 3.00 bits per heavy atom. The van der Waals surface area contributed by atoms with Gasteiger partial charge in [0.15, 0.2) is 5.76 Å². The van der Waals surface area contributed by atoms with E-state index in [0.717, 1.165) is 51.1 Å². The smallest absolute Gasteiger partial charge is 0.289 e. The number of hydrogen-bond acceptors (Lipinski definition) is 3. The van der Waals surface area contributed by atoms with Crippen molar-refractivity contribution in [3.63, 3.8) is 0 Å². The van der Waals surface area contributed by atoms with Crippen LogP contribution in [0.2, 0.25) is 0 Å². The molecule has 0 radical (unpaired) electrons. The van der Waals surface area contributed by atoms with E-state index < -0.39 is 0 Å². The van der Waals surface area contributed by atoms with Gasteiger partial charge in [0.25, 0.3) is 5.91 Å². The summed E-state index contributed by atoms with van der Waals surface area (Å²) in [5.74, 6) is 1.39. The molecule has 1 fully saturated rings. The Balaban J connectivity index is 1.94. The Morgan fingerprint density at radius 2 is 2.32 bits per heavy atom. The van der Waals surface area contributed by atoms with E-state index in [2.05, 4.69) is 12.2 Å². The molecule has 2 heterocycles. The van der Waals surface area contributed by atoms with E-state index in [1.165, 1.54) is 0 Å². The van der Waals surface area contributed by atoms with Crippen LogP contribution in [0.15, 0.2) is 16.5 Å². The van der Waals surface area contributed by atoms with Crippen molar-refractivity contribution in [1.29, 1.82) is 0 Å². The van der Waals surface area contributed by atoms with Crippen molar-refractivity contribution < 1.29 is 9.21 Å². The third-order valence-electron chi connectivity index (χ3n) is 3.61. The Labute approximate surface area is 115 Å². The first-order chi connectivity index (χ1) is 9.24. The van der Waals surface area contributed by atoms with Gasteiger partial charge in [0.2, 0.25) is 0 Å². The van der Waals surface area contributed by atoms with Crippen LogP contribution in [0.1, 0.15) is 49.4 Å². The Kier molecular flexibility index (Phi) is 5.02. The summed E-state index contributed by atoms with van der Waals surface area (Å²) < 4.78 is 5.55. The van der Waals surface area contributed by atoms with Crippen molar-refractivity contribution in [2.75, 3.05) is 19.6 Å². The summed E-state index contributed by atoms with van der Waals surface area (Å²) in [6.45, 7) is 6.84. The molecule has 1 unspecified atom stereocenters. The Hall–Kier alpha value is -1.29. The zero-order valence-electron chi connectivity index (χ0n) is 11.9. The van der Waals surface area contributed by atoms with E-state index in [9.17, 15) is 4.79 Å². The van der Waals surface area contributed by atoms with Gasteiger partial charge in [0.05, 0.1) is 0 Å². The molecule has 1 aromatic heterocycles. The highest BCUT2D eigenvalue weighted by Crippen LogP contribution is 2.16. The second kappa shape index (κ2) is 6.75. The van der Waals surface area contributed by atoms with Crippen molar-refractivity contribution in [2.24, 2.45) is 0 Å². The highest BCUT2D eigenvalue weighted by Gasteiger charge is 2.25. The van der Waals surface area contributed by atoms with Gasteiger partial charge >= 0.3 is 0 Å². The lowest BCUT2D eigenvalue weighted by Crippen LogP contribution is -2.48. The first kappa shape index (κ1) is 14.1. The Bertz CT molecular complexity index is 414. The molecule has 0 aliphatic carbocycles. The second-order valence-electron chi connectivity index (χ2n) is 5.16. The molecule has 1 saturated heterocycles. The SMILES string of the molecule is CCCNC1CCCN(C(=O)c2ccc(CC)o2)C1. The third kappa shape index (κ3) is 3.60. The van der Waals surface area contributed by atoms with E-state index >= 15 is 0 Å². The van der Waals surface area contributed by atoms with Gasteiger partial charge in [0, 0.05) is 25.6 Å². The minimum atomic E-state index is 0.0303. The minimum absolute atomic E-state index is 0.0303. The average Bonchev–Trinajstić information content (AvgIpc) is 2.93. The molecule has 1 aliphatic heterocycles. The fraction of sp³-hybridized carbons (Fsp3) is 0.667. The van der Waals surface area contributed by atoms with Crippen molar-refractivity contribution in [3.8, 4) is 0 Å². The van der Waals surface area contributed by atoms with Gasteiger partial charge in [0.1, 0.15) is 5.76 Å². The monoisotopic (exact) mass is 264 g/mol. The molecule has 0 saturated carbocycles. The maximum absolute atomic E-state index is 12.4.